The summed E-state index contributed by atoms with van der Waals surface area (Å²) in [4.78, 5) is 4.98. The molecule has 0 spiro atoms. The highest BCUT2D eigenvalue weighted by Crippen LogP contribution is 2.35. The monoisotopic (exact) mass is 275 g/mol. The van der Waals surface area contributed by atoms with Crippen LogP contribution < -0.4 is 15.4 Å². The number of piperidine rings is 2. The van der Waals surface area contributed by atoms with E-state index in [0.717, 1.165) is 42.2 Å². The van der Waals surface area contributed by atoms with Crippen molar-refractivity contribution in [2.45, 2.75) is 25.3 Å². The molecule has 0 radical (unpaired) electrons. The van der Waals surface area contributed by atoms with Crippen molar-refractivity contribution in [1.29, 1.82) is 0 Å². The normalized spacial score (nSPS) is 27.2. The molecule has 2 unspecified atom stereocenters. The quantitative estimate of drug-likeness (QED) is 0.840. The number of rotatable bonds is 2. The second-order valence-corrected chi connectivity index (χ2v) is 6.11. The summed E-state index contributed by atoms with van der Waals surface area (Å²) in [5, 5.41) is 0. The van der Waals surface area contributed by atoms with E-state index in [9.17, 15) is 0 Å². The molecule has 20 heavy (non-hydrogen) atoms. The van der Waals surface area contributed by atoms with Gasteiger partial charge < -0.3 is 20.3 Å². The van der Waals surface area contributed by atoms with Crippen LogP contribution >= 0.6 is 0 Å². The van der Waals surface area contributed by atoms with Gasteiger partial charge in [-0.05, 0) is 50.9 Å². The molecule has 0 amide bonds. The van der Waals surface area contributed by atoms with Crippen LogP contribution in [0.2, 0.25) is 0 Å². The minimum absolute atomic E-state index is 0.756. The molecule has 0 bridgehead atoms. The van der Waals surface area contributed by atoms with Crippen LogP contribution in [-0.4, -0.2) is 44.7 Å². The molecule has 2 heterocycles. The summed E-state index contributed by atoms with van der Waals surface area (Å²) >= 11 is 0. The number of methoxy groups -OCH3 is 1. The number of hydrogen-bond acceptors (Lipinski definition) is 4. The van der Waals surface area contributed by atoms with Gasteiger partial charge in [0.05, 0.1) is 18.5 Å². The lowest BCUT2D eigenvalue weighted by Crippen LogP contribution is -2.52. The Hall–Kier alpha value is -1.42. The second-order valence-electron chi connectivity index (χ2n) is 6.11. The standard InChI is InChI=1S/C16H25N3O/c1-18-8-3-4-12-11-19(9-7-15(12)18)16-10-13(20-2)5-6-14(16)17/h5-6,10,12,15H,3-4,7-9,11,17H2,1-2H3. The highest BCUT2D eigenvalue weighted by Gasteiger charge is 2.34. The van der Waals surface area contributed by atoms with E-state index in [2.05, 4.69) is 22.9 Å². The van der Waals surface area contributed by atoms with Gasteiger partial charge in [0.25, 0.3) is 0 Å². The Morgan fingerprint density at radius 1 is 1.25 bits per heavy atom. The molecule has 2 atom stereocenters. The van der Waals surface area contributed by atoms with Crippen molar-refractivity contribution < 1.29 is 4.74 Å². The predicted molar refractivity (Wildman–Crippen MR) is 83.4 cm³/mol. The average molecular weight is 275 g/mol. The van der Waals surface area contributed by atoms with E-state index >= 15 is 0 Å². The van der Waals surface area contributed by atoms with Gasteiger partial charge in [0.15, 0.2) is 0 Å². The van der Waals surface area contributed by atoms with Gasteiger partial charge in [0.2, 0.25) is 0 Å². The lowest BCUT2D eigenvalue weighted by atomic mass is 9.84. The number of hydrogen-bond donors (Lipinski definition) is 1. The molecule has 4 nitrogen and oxygen atoms in total. The van der Waals surface area contributed by atoms with E-state index in [1.807, 2.05) is 12.1 Å². The first-order valence-electron chi connectivity index (χ1n) is 7.57. The fraction of sp³-hybridized carbons (Fsp3) is 0.625. The lowest BCUT2D eigenvalue weighted by molar-refractivity contribution is 0.102. The van der Waals surface area contributed by atoms with Gasteiger partial charge in [-0.15, -0.1) is 0 Å². The topological polar surface area (TPSA) is 41.7 Å². The van der Waals surface area contributed by atoms with E-state index in [-0.39, 0.29) is 0 Å². The molecule has 0 aromatic heterocycles. The zero-order valence-electron chi connectivity index (χ0n) is 12.5. The molecule has 3 rings (SSSR count). The summed E-state index contributed by atoms with van der Waals surface area (Å²) in [5.74, 6) is 1.66. The molecule has 1 aromatic rings. The molecule has 0 aliphatic carbocycles. The number of nitrogens with two attached hydrogens (primary N) is 1. The van der Waals surface area contributed by atoms with Crippen LogP contribution in [-0.2, 0) is 0 Å². The lowest BCUT2D eigenvalue weighted by Gasteiger charge is -2.46. The second kappa shape index (κ2) is 5.52. The summed E-state index contributed by atoms with van der Waals surface area (Å²) in [5.41, 5.74) is 8.15. The summed E-state index contributed by atoms with van der Waals surface area (Å²) in [7, 11) is 3.98. The van der Waals surface area contributed by atoms with Crippen LogP contribution in [0.15, 0.2) is 18.2 Å². The number of fused-ring (bicyclic) bond motifs is 1. The first kappa shape index (κ1) is 13.6. The van der Waals surface area contributed by atoms with Gasteiger partial charge in [0, 0.05) is 25.2 Å². The SMILES string of the molecule is COc1ccc(N)c(N2CCC3C(CCCN3C)C2)c1. The summed E-state index contributed by atoms with van der Waals surface area (Å²) in [6.07, 6.45) is 3.90. The van der Waals surface area contributed by atoms with E-state index in [4.69, 9.17) is 10.5 Å². The van der Waals surface area contributed by atoms with Gasteiger partial charge in [-0.2, -0.15) is 0 Å². The fourth-order valence-corrected chi connectivity index (χ4v) is 3.80. The number of nitrogen functional groups attached to an aromatic ring is 1. The molecule has 2 saturated heterocycles. The Labute approximate surface area is 121 Å². The number of ether oxygens (including phenoxy) is 1. The molecular weight excluding hydrogens is 250 g/mol. The zero-order chi connectivity index (χ0) is 14.1. The van der Waals surface area contributed by atoms with Gasteiger partial charge >= 0.3 is 0 Å². The van der Waals surface area contributed by atoms with Crippen LogP contribution in [0.5, 0.6) is 5.75 Å². The van der Waals surface area contributed by atoms with Crippen LogP contribution in [0, 0.1) is 5.92 Å². The summed E-state index contributed by atoms with van der Waals surface area (Å²) < 4.78 is 5.33. The zero-order valence-corrected chi connectivity index (χ0v) is 12.5. The third kappa shape index (κ3) is 2.44. The Morgan fingerprint density at radius 3 is 2.90 bits per heavy atom. The van der Waals surface area contributed by atoms with Gasteiger partial charge in [-0.3, -0.25) is 0 Å². The summed E-state index contributed by atoms with van der Waals surface area (Å²) in [6.45, 7) is 3.46. The van der Waals surface area contributed by atoms with Crippen LogP contribution in [0.25, 0.3) is 0 Å². The molecule has 4 heteroatoms. The first-order chi connectivity index (χ1) is 9.69. The smallest absolute Gasteiger partial charge is 0.121 e. The van der Waals surface area contributed by atoms with Crippen molar-refractivity contribution >= 4 is 11.4 Å². The van der Waals surface area contributed by atoms with Crippen molar-refractivity contribution in [3.63, 3.8) is 0 Å². The first-order valence-corrected chi connectivity index (χ1v) is 7.57. The van der Waals surface area contributed by atoms with Crippen LogP contribution in [0.4, 0.5) is 11.4 Å². The average Bonchev–Trinajstić information content (AvgIpc) is 2.48. The molecule has 2 aliphatic heterocycles. The Balaban J connectivity index is 1.79. The minimum atomic E-state index is 0.756. The highest BCUT2D eigenvalue weighted by molar-refractivity contribution is 5.69. The van der Waals surface area contributed by atoms with E-state index in [1.54, 1.807) is 7.11 Å². The molecule has 2 fully saturated rings. The van der Waals surface area contributed by atoms with Crippen molar-refractivity contribution in [1.82, 2.24) is 4.90 Å². The number of anilines is 2. The van der Waals surface area contributed by atoms with Gasteiger partial charge in [-0.25, -0.2) is 0 Å². The third-order valence-electron chi connectivity index (χ3n) is 4.92. The summed E-state index contributed by atoms with van der Waals surface area (Å²) in [6, 6.07) is 6.71. The Kier molecular flexibility index (Phi) is 3.74. The Morgan fingerprint density at radius 2 is 2.10 bits per heavy atom. The molecule has 2 aliphatic rings. The predicted octanol–water partition coefficient (Wildman–Crippen LogP) is 2.20. The molecule has 110 valence electrons. The van der Waals surface area contributed by atoms with Crippen LogP contribution in [0.3, 0.4) is 0 Å². The van der Waals surface area contributed by atoms with Gasteiger partial charge in [-0.1, -0.05) is 0 Å². The number of benzene rings is 1. The van der Waals surface area contributed by atoms with Crippen molar-refractivity contribution in [2.75, 3.05) is 44.4 Å². The van der Waals surface area contributed by atoms with Gasteiger partial charge in [0.1, 0.15) is 5.75 Å². The maximum absolute atomic E-state index is 6.16. The number of nitrogens with zero attached hydrogens (tertiary/aromatic N) is 2. The third-order valence-corrected chi connectivity index (χ3v) is 4.92. The molecule has 1 aromatic carbocycles. The molecular formula is C16H25N3O. The maximum atomic E-state index is 6.16. The molecule has 0 saturated carbocycles. The highest BCUT2D eigenvalue weighted by atomic mass is 16.5. The van der Waals surface area contributed by atoms with Crippen molar-refractivity contribution in [2.24, 2.45) is 5.92 Å². The van der Waals surface area contributed by atoms with Crippen molar-refractivity contribution in [3.05, 3.63) is 18.2 Å². The molecule has 2 N–H and O–H groups in total. The number of likely N-dealkylation sites (tertiary alicyclic amines) is 1. The van der Waals surface area contributed by atoms with E-state index < -0.39 is 0 Å². The largest absolute Gasteiger partial charge is 0.497 e. The van der Waals surface area contributed by atoms with E-state index in [1.165, 1.54) is 25.8 Å². The Bertz CT molecular complexity index is 477. The minimum Gasteiger partial charge on any atom is -0.497 e. The van der Waals surface area contributed by atoms with Crippen LogP contribution in [0.1, 0.15) is 19.3 Å². The maximum Gasteiger partial charge on any atom is 0.121 e. The van der Waals surface area contributed by atoms with Crippen molar-refractivity contribution in [3.8, 4) is 5.75 Å². The fourth-order valence-electron chi connectivity index (χ4n) is 3.80. The van der Waals surface area contributed by atoms with E-state index in [0.29, 0.717) is 0 Å².